The predicted octanol–water partition coefficient (Wildman–Crippen LogP) is 4.99. The number of carbonyl (C=O) groups is 1. The molecule has 0 saturated heterocycles. The van der Waals surface area contributed by atoms with Crippen LogP contribution in [0.2, 0.25) is 0 Å². The zero-order chi connectivity index (χ0) is 12.6. The average molecular weight is 249 g/mol. The Balaban J connectivity index is 0.000000509. The zero-order valence-electron chi connectivity index (χ0n) is 11.0. The van der Waals surface area contributed by atoms with Gasteiger partial charge in [-0.1, -0.05) is 34.1 Å². The lowest BCUT2D eigenvalue weighted by atomic mass is 9.52. The van der Waals surface area contributed by atoms with Gasteiger partial charge in [0.25, 0.3) is 0 Å². The van der Waals surface area contributed by atoms with E-state index >= 15 is 0 Å². The maximum Gasteiger partial charge on any atom is 0.403 e. The Hall–Kier alpha value is -0.240. The lowest BCUT2D eigenvalue weighted by molar-refractivity contribution is -0.0463. The van der Waals surface area contributed by atoms with Gasteiger partial charge in [0.05, 0.1) is 6.61 Å². The van der Waals surface area contributed by atoms with E-state index in [1.165, 1.54) is 32.1 Å². The molecule has 0 heterocycles. The molecule has 2 nitrogen and oxygen atoms in total. The van der Waals surface area contributed by atoms with E-state index in [0.29, 0.717) is 17.9 Å². The molecule has 0 aliphatic heterocycles. The molecule has 0 amide bonds. The summed E-state index contributed by atoms with van der Waals surface area (Å²) in [4.78, 5) is 10.3. The molecule has 0 atom stereocenters. The first-order chi connectivity index (χ1) is 7.70. The lowest BCUT2D eigenvalue weighted by Gasteiger charge is -2.54. The summed E-state index contributed by atoms with van der Waals surface area (Å²) in [6, 6.07) is 0. The van der Waals surface area contributed by atoms with Crippen LogP contribution in [0.15, 0.2) is 0 Å². The van der Waals surface area contributed by atoms with Crippen molar-refractivity contribution in [1.82, 2.24) is 0 Å². The van der Waals surface area contributed by atoms with Gasteiger partial charge in [0, 0.05) is 11.6 Å². The standard InChI is InChI=1S/C9H13ClO2.2C2H6/c10-8(11)12-6-7-4-9(5-7)2-1-3-9;2*1-2/h7H,1-6H2;2*1-2H3. The molecule has 1 spiro atoms. The van der Waals surface area contributed by atoms with E-state index in [1.807, 2.05) is 27.7 Å². The maximum absolute atomic E-state index is 10.3. The van der Waals surface area contributed by atoms with Crippen LogP contribution in [0.1, 0.15) is 59.8 Å². The second-order valence-corrected chi connectivity index (χ2v) is 4.49. The highest BCUT2D eigenvalue weighted by molar-refractivity contribution is 6.61. The highest BCUT2D eigenvalue weighted by Gasteiger charge is 2.48. The summed E-state index contributed by atoms with van der Waals surface area (Å²) < 4.78 is 4.73. The Bertz CT molecular complexity index is 192. The van der Waals surface area contributed by atoms with Crippen LogP contribution in [-0.2, 0) is 4.74 Å². The minimum absolute atomic E-state index is 0.532. The van der Waals surface area contributed by atoms with Gasteiger partial charge in [0.2, 0.25) is 0 Å². The van der Waals surface area contributed by atoms with E-state index in [1.54, 1.807) is 0 Å². The van der Waals surface area contributed by atoms with Gasteiger partial charge >= 0.3 is 5.43 Å². The van der Waals surface area contributed by atoms with E-state index in [4.69, 9.17) is 16.3 Å². The van der Waals surface area contributed by atoms with Gasteiger partial charge in [-0.15, -0.1) is 0 Å². The van der Waals surface area contributed by atoms with Gasteiger partial charge < -0.3 is 4.74 Å². The second kappa shape index (κ2) is 7.94. The number of hydrogen-bond acceptors (Lipinski definition) is 2. The molecule has 0 radical (unpaired) electrons. The van der Waals surface area contributed by atoms with Gasteiger partial charge in [0.1, 0.15) is 0 Å². The van der Waals surface area contributed by atoms with Crippen LogP contribution in [-0.4, -0.2) is 12.0 Å². The Morgan fingerprint density at radius 3 is 2.06 bits per heavy atom. The van der Waals surface area contributed by atoms with Gasteiger partial charge in [-0.2, -0.15) is 0 Å². The van der Waals surface area contributed by atoms with Gasteiger partial charge in [-0.25, -0.2) is 4.79 Å². The number of hydrogen-bond donors (Lipinski definition) is 0. The fourth-order valence-corrected chi connectivity index (χ4v) is 2.61. The summed E-state index contributed by atoms with van der Waals surface area (Å²) in [7, 11) is 0. The van der Waals surface area contributed by atoms with Crippen LogP contribution in [0.25, 0.3) is 0 Å². The number of ether oxygens (including phenoxy) is 1. The van der Waals surface area contributed by atoms with Crippen molar-refractivity contribution in [1.29, 1.82) is 0 Å². The third-order valence-corrected chi connectivity index (χ3v) is 3.40. The molecule has 2 aliphatic carbocycles. The van der Waals surface area contributed by atoms with Crippen molar-refractivity contribution in [3.8, 4) is 0 Å². The lowest BCUT2D eigenvalue weighted by Crippen LogP contribution is -2.44. The first-order valence-corrected chi connectivity index (χ1v) is 6.90. The quantitative estimate of drug-likeness (QED) is 0.643. The van der Waals surface area contributed by atoms with Crippen molar-refractivity contribution >= 4 is 17.0 Å². The minimum atomic E-state index is -0.662. The SMILES string of the molecule is CC.CC.O=C(Cl)OCC1CC2(CCC2)C1. The molecular formula is C13H25ClO2. The molecular weight excluding hydrogens is 224 g/mol. The minimum Gasteiger partial charge on any atom is -0.453 e. The molecule has 2 saturated carbocycles. The van der Waals surface area contributed by atoms with Crippen molar-refractivity contribution in [2.75, 3.05) is 6.61 Å². The number of carbonyl (C=O) groups excluding carboxylic acids is 1. The summed E-state index contributed by atoms with van der Waals surface area (Å²) in [5, 5.41) is 0. The highest BCUT2D eigenvalue weighted by Crippen LogP contribution is 2.58. The molecule has 2 fully saturated rings. The Morgan fingerprint density at radius 1 is 1.25 bits per heavy atom. The Morgan fingerprint density at radius 2 is 1.75 bits per heavy atom. The zero-order valence-corrected chi connectivity index (χ0v) is 11.8. The average Bonchev–Trinajstić information content (AvgIpc) is 2.19. The van der Waals surface area contributed by atoms with E-state index < -0.39 is 5.43 Å². The number of rotatable bonds is 2. The fourth-order valence-electron chi connectivity index (χ4n) is 2.55. The molecule has 16 heavy (non-hydrogen) atoms. The van der Waals surface area contributed by atoms with Crippen LogP contribution in [0.5, 0.6) is 0 Å². The Kier molecular flexibility index (Phi) is 7.82. The first-order valence-electron chi connectivity index (χ1n) is 6.52. The fraction of sp³-hybridized carbons (Fsp3) is 0.923. The van der Waals surface area contributed by atoms with E-state index in [-0.39, 0.29) is 0 Å². The molecule has 0 aromatic carbocycles. The van der Waals surface area contributed by atoms with Crippen LogP contribution in [0, 0.1) is 11.3 Å². The van der Waals surface area contributed by atoms with Crippen molar-refractivity contribution < 1.29 is 9.53 Å². The summed E-state index contributed by atoms with van der Waals surface area (Å²) in [5.74, 6) is 0.591. The summed E-state index contributed by atoms with van der Waals surface area (Å²) in [5.41, 5.74) is 0.00758. The van der Waals surface area contributed by atoms with Gasteiger partial charge in [0.15, 0.2) is 0 Å². The largest absolute Gasteiger partial charge is 0.453 e. The van der Waals surface area contributed by atoms with E-state index in [2.05, 4.69) is 0 Å². The van der Waals surface area contributed by atoms with Crippen LogP contribution < -0.4 is 0 Å². The van der Waals surface area contributed by atoms with Crippen molar-refractivity contribution in [3.05, 3.63) is 0 Å². The van der Waals surface area contributed by atoms with Crippen molar-refractivity contribution in [3.63, 3.8) is 0 Å². The summed E-state index contributed by atoms with van der Waals surface area (Å²) in [6.45, 7) is 8.53. The molecule has 96 valence electrons. The number of halogens is 1. The van der Waals surface area contributed by atoms with Crippen LogP contribution in [0.3, 0.4) is 0 Å². The monoisotopic (exact) mass is 248 g/mol. The molecule has 2 aliphatic rings. The molecule has 0 aromatic heterocycles. The molecule has 0 N–H and O–H groups in total. The summed E-state index contributed by atoms with van der Waals surface area (Å²) >= 11 is 5.06. The summed E-state index contributed by atoms with van der Waals surface area (Å²) in [6.07, 6.45) is 6.66. The third kappa shape index (κ3) is 4.32. The first kappa shape index (κ1) is 15.8. The van der Waals surface area contributed by atoms with Gasteiger partial charge in [-0.05, 0) is 37.0 Å². The van der Waals surface area contributed by atoms with Crippen LogP contribution >= 0.6 is 11.6 Å². The highest BCUT2D eigenvalue weighted by atomic mass is 35.5. The van der Waals surface area contributed by atoms with Crippen molar-refractivity contribution in [2.24, 2.45) is 11.3 Å². The molecule has 0 unspecified atom stereocenters. The van der Waals surface area contributed by atoms with E-state index in [9.17, 15) is 4.79 Å². The molecule has 0 aromatic rings. The van der Waals surface area contributed by atoms with Gasteiger partial charge in [-0.3, -0.25) is 0 Å². The smallest absolute Gasteiger partial charge is 0.403 e. The normalized spacial score (nSPS) is 20.3. The molecule has 2 rings (SSSR count). The molecule has 3 heteroatoms. The second-order valence-electron chi connectivity index (χ2n) is 4.18. The van der Waals surface area contributed by atoms with Crippen molar-refractivity contribution in [2.45, 2.75) is 59.8 Å². The predicted molar refractivity (Wildman–Crippen MR) is 68.9 cm³/mol. The third-order valence-electron chi connectivity index (χ3n) is 3.29. The molecule has 0 bridgehead atoms. The van der Waals surface area contributed by atoms with Crippen LogP contribution in [0.4, 0.5) is 4.79 Å². The Labute approximate surface area is 105 Å². The van der Waals surface area contributed by atoms with E-state index in [0.717, 1.165) is 0 Å². The topological polar surface area (TPSA) is 26.3 Å². The maximum atomic E-state index is 10.3.